The van der Waals surface area contributed by atoms with Gasteiger partial charge in [-0.25, -0.2) is 0 Å². The SMILES string of the molecule is CC(C)N(CCOCCBr)c1nc(C(F)(F)F)ns1. The molecule has 1 rings (SSSR count). The number of alkyl halides is 4. The van der Waals surface area contributed by atoms with E-state index in [1.807, 2.05) is 13.8 Å². The second kappa shape index (κ2) is 7.39. The maximum absolute atomic E-state index is 12.5. The molecule has 0 fully saturated rings. The van der Waals surface area contributed by atoms with Crippen molar-refractivity contribution in [3.05, 3.63) is 5.82 Å². The van der Waals surface area contributed by atoms with Crippen molar-refractivity contribution in [3.8, 4) is 0 Å². The molecule has 0 bridgehead atoms. The number of aromatic nitrogens is 2. The summed E-state index contributed by atoms with van der Waals surface area (Å²) in [6, 6.07) is 0.0293. The summed E-state index contributed by atoms with van der Waals surface area (Å²) < 4.78 is 46.0. The summed E-state index contributed by atoms with van der Waals surface area (Å²) >= 11 is 3.99. The molecule has 0 N–H and O–H groups in total. The smallest absolute Gasteiger partial charge is 0.379 e. The van der Waals surface area contributed by atoms with Gasteiger partial charge in [0, 0.05) is 29.4 Å². The highest BCUT2D eigenvalue weighted by molar-refractivity contribution is 9.09. The van der Waals surface area contributed by atoms with E-state index < -0.39 is 12.0 Å². The second-order valence-electron chi connectivity index (χ2n) is 3.99. The first-order valence-corrected chi connectivity index (χ1v) is 7.57. The van der Waals surface area contributed by atoms with Gasteiger partial charge in [-0.05, 0) is 13.8 Å². The minimum absolute atomic E-state index is 0.0293. The summed E-state index contributed by atoms with van der Waals surface area (Å²) in [7, 11) is 0. The summed E-state index contributed by atoms with van der Waals surface area (Å²) in [5.41, 5.74) is 0. The maximum atomic E-state index is 12.5. The van der Waals surface area contributed by atoms with Gasteiger partial charge in [0.1, 0.15) is 0 Å². The zero-order valence-corrected chi connectivity index (χ0v) is 13.0. The van der Waals surface area contributed by atoms with Crippen LogP contribution in [0.4, 0.5) is 18.3 Å². The normalized spacial score (nSPS) is 12.2. The van der Waals surface area contributed by atoms with Gasteiger partial charge in [-0.1, -0.05) is 15.9 Å². The van der Waals surface area contributed by atoms with Gasteiger partial charge < -0.3 is 9.64 Å². The van der Waals surface area contributed by atoms with E-state index >= 15 is 0 Å². The van der Waals surface area contributed by atoms with Gasteiger partial charge in [0.25, 0.3) is 0 Å². The van der Waals surface area contributed by atoms with Crippen LogP contribution < -0.4 is 4.90 Å². The highest BCUT2D eigenvalue weighted by atomic mass is 79.9. The van der Waals surface area contributed by atoms with E-state index in [4.69, 9.17) is 4.74 Å². The van der Waals surface area contributed by atoms with E-state index in [1.54, 1.807) is 4.90 Å². The van der Waals surface area contributed by atoms with Crippen LogP contribution in [0, 0.1) is 0 Å². The third-order valence-electron chi connectivity index (χ3n) is 2.24. The van der Waals surface area contributed by atoms with Gasteiger partial charge >= 0.3 is 6.18 Å². The van der Waals surface area contributed by atoms with E-state index in [0.29, 0.717) is 19.8 Å². The highest BCUT2D eigenvalue weighted by Crippen LogP contribution is 2.30. The Morgan fingerprint density at radius 2 is 2.05 bits per heavy atom. The first-order chi connectivity index (χ1) is 8.86. The van der Waals surface area contributed by atoms with Crippen LogP contribution in [-0.4, -0.2) is 40.5 Å². The minimum Gasteiger partial charge on any atom is -0.379 e. The number of hydrogen-bond acceptors (Lipinski definition) is 5. The first kappa shape index (κ1) is 16.6. The van der Waals surface area contributed by atoms with Gasteiger partial charge in [-0.2, -0.15) is 22.5 Å². The molecular weight excluding hydrogens is 347 g/mol. The third kappa shape index (κ3) is 5.23. The lowest BCUT2D eigenvalue weighted by atomic mass is 10.3. The molecule has 9 heteroatoms. The molecule has 0 spiro atoms. The molecular formula is C10H15BrF3N3OS. The third-order valence-corrected chi connectivity index (χ3v) is 3.31. The minimum atomic E-state index is -4.50. The standard InChI is InChI=1S/C10H15BrF3N3OS/c1-7(2)17(4-6-18-5-3-11)9-15-8(16-19-9)10(12,13)14/h7H,3-6H2,1-2H3. The van der Waals surface area contributed by atoms with Gasteiger partial charge in [-0.15, -0.1) is 0 Å². The van der Waals surface area contributed by atoms with Crippen LogP contribution in [0.5, 0.6) is 0 Å². The Hall–Kier alpha value is -0.410. The van der Waals surface area contributed by atoms with Crippen LogP contribution in [0.1, 0.15) is 19.7 Å². The van der Waals surface area contributed by atoms with Gasteiger partial charge in [-0.3, -0.25) is 0 Å². The fourth-order valence-corrected chi connectivity index (χ4v) is 2.42. The number of anilines is 1. The fraction of sp³-hybridized carbons (Fsp3) is 0.800. The zero-order valence-electron chi connectivity index (χ0n) is 10.6. The molecule has 1 aromatic rings. The first-order valence-electron chi connectivity index (χ1n) is 5.67. The number of rotatable bonds is 7. The largest absolute Gasteiger partial charge is 0.452 e. The van der Waals surface area contributed by atoms with Crippen LogP contribution >= 0.6 is 27.5 Å². The monoisotopic (exact) mass is 361 g/mol. The van der Waals surface area contributed by atoms with Gasteiger partial charge in [0.15, 0.2) is 0 Å². The van der Waals surface area contributed by atoms with E-state index in [1.165, 1.54) is 0 Å². The molecule has 0 aliphatic heterocycles. The topological polar surface area (TPSA) is 38.2 Å². The van der Waals surface area contributed by atoms with Crippen LogP contribution in [0.25, 0.3) is 0 Å². The predicted octanol–water partition coefficient (Wildman–Crippen LogP) is 3.18. The van der Waals surface area contributed by atoms with Crippen molar-refractivity contribution < 1.29 is 17.9 Å². The number of nitrogens with zero attached hydrogens (tertiary/aromatic N) is 3. The molecule has 0 amide bonds. The van der Waals surface area contributed by atoms with E-state index in [-0.39, 0.29) is 11.2 Å². The summed E-state index contributed by atoms with van der Waals surface area (Å²) in [4.78, 5) is 5.30. The molecule has 0 radical (unpaired) electrons. The summed E-state index contributed by atoms with van der Waals surface area (Å²) in [5.74, 6) is -1.08. The fourth-order valence-electron chi connectivity index (χ4n) is 1.34. The number of halogens is 4. The molecule has 0 unspecified atom stereocenters. The number of hydrogen-bond donors (Lipinski definition) is 0. The molecule has 0 saturated carbocycles. The van der Waals surface area contributed by atoms with Crippen LogP contribution in [0.15, 0.2) is 0 Å². The van der Waals surface area contributed by atoms with Crippen LogP contribution in [0.3, 0.4) is 0 Å². The maximum Gasteiger partial charge on any atom is 0.452 e. The average Bonchev–Trinajstić information content (AvgIpc) is 2.77. The van der Waals surface area contributed by atoms with Crippen molar-refractivity contribution in [3.63, 3.8) is 0 Å². The Bertz CT molecular complexity index is 386. The Labute approximate surface area is 122 Å². The highest BCUT2D eigenvalue weighted by Gasteiger charge is 2.36. The lowest BCUT2D eigenvalue weighted by Gasteiger charge is -2.25. The molecule has 110 valence electrons. The lowest BCUT2D eigenvalue weighted by molar-refractivity contribution is -0.144. The summed E-state index contributed by atoms with van der Waals surface area (Å²) in [6.45, 7) is 5.26. The van der Waals surface area contributed by atoms with Crippen molar-refractivity contribution in [1.82, 2.24) is 9.36 Å². The molecule has 0 aliphatic carbocycles. The van der Waals surface area contributed by atoms with Gasteiger partial charge in [0.05, 0.1) is 13.2 Å². The average molecular weight is 362 g/mol. The van der Waals surface area contributed by atoms with Crippen molar-refractivity contribution in [2.75, 3.05) is 30.0 Å². The molecule has 0 atom stereocenters. The van der Waals surface area contributed by atoms with Crippen molar-refractivity contribution >= 4 is 32.6 Å². The van der Waals surface area contributed by atoms with E-state index in [9.17, 15) is 13.2 Å². The van der Waals surface area contributed by atoms with Crippen molar-refractivity contribution in [1.29, 1.82) is 0 Å². The Morgan fingerprint density at radius 3 is 2.53 bits per heavy atom. The second-order valence-corrected chi connectivity index (χ2v) is 5.51. The molecule has 4 nitrogen and oxygen atoms in total. The molecule has 0 aliphatic rings. The molecule has 19 heavy (non-hydrogen) atoms. The Balaban J connectivity index is 2.68. The van der Waals surface area contributed by atoms with Crippen LogP contribution in [-0.2, 0) is 10.9 Å². The Kier molecular flexibility index (Phi) is 6.48. The van der Waals surface area contributed by atoms with Gasteiger partial charge in [0.2, 0.25) is 11.0 Å². The zero-order chi connectivity index (χ0) is 14.5. The van der Waals surface area contributed by atoms with Crippen LogP contribution in [0.2, 0.25) is 0 Å². The molecule has 1 heterocycles. The quantitative estimate of drug-likeness (QED) is 0.552. The van der Waals surface area contributed by atoms with Crippen molar-refractivity contribution in [2.24, 2.45) is 0 Å². The van der Waals surface area contributed by atoms with Crippen molar-refractivity contribution in [2.45, 2.75) is 26.1 Å². The molecule has 0 saturated heterocycles. The van der Waals surface area contributed by atoms with E-state index in [2.05, 4.69) is 25.3 Å². The lowest BCUT2D eigenvalue weighted by Crippen LogP contribution is -2.34. The summed E-state index contributed by atoms with van der Waals surface area (Å²) in [6.07, 6.45) is -4.50. The predicted molar refractivity (Wildman–Crippen MR) is 72.0 cm³/mol. The summed E-state index contributed by atoms with van der Waals surface area (Å²) in [5, 5.41) is 0.996. The molecule has 0 aromatic carbocycles. The van der Waals surface area contributed by atoms with E-state index in [0.717, 1.165) is 16.9 Å². The Morgan fingerprint density at radius 1 is 1.37 bits per heavy atom. The molecule has 1 aromatic heterocycles. The number of ether oxygens (including phenoxy) is 1.